The third-order valence-electron chi connectivity index (χ3n) is 5.83. The SMILES string of the molecule is CCOc1ccc2c(c1)c(=O)c(S(=O)(=O)c1ccc(OC)cc1)cn2Cc1cc(C)ccc1C. The van der Waals surface area contributed by atoms with Gasteiger partial charge >= 0.3 is 0 Å². The second kappa shape index (κ2) is 9.35. The molecular formula is C27H27NO5S. The molecule has 0 aliphatic heterocycles. The van der Waals surface area contributed by atoms with Crippen LogP contribution in [0.15, 0.2) is 81.4 Å². The summed E-state index contributed by atoms with van der Waals surface area (Å²) in [5.74, 6) is 1.05. The van der Waals surface area contributed by atoms with Crippen molar-refractivity contribution in [2.45, 2.75) is 37.1 Å². The minimum absolute atomic E-state index is 0.0315. The van der Waals surface area contributed by atoms with Gasteiger partial charge in [-0.2, -0.15) is 0 Å². The van der Waals surface area contributed by atoms with Gasteiger partial charge < -0.3 is 14.0 Å². The molecule has 0 fully saturated rings. The molecule has 176 valence electrons. The lowest BCUT2D eigenvalue weighted by molar-refractivity contribution is 0.340. The zero-order chi connectivity index (χ0) is 24.5. The van der Waals surface area contributed by atoms with Crippen LogP contribution in [0, 0.1) is 13.8 Å². The molecule has 34 heavy (non-hydrogen) atoms. The van der Waals surface area contributed by atoms with E-state index in [1.165, 1.54) is 25.4 Å². The molecule has 3 aromatic carbocycles. The molecule has 0 unspecified atom stereocenters. The summed E-state index contributed by atoms with van der Waals surface area (Å²) in [5, 5.41) is 0.297. The molecule has 0 spiro atoms. The molecule has 1 aromatic heterocycles. The highest BCUT2D eigenvalue weighted by Crippen LogP contribution is 2.26. The summed E-state index contributed by atoms with van der Waals surface area (Å²) in [5.41, 5.74) is 3.33. The molecule has 0 saturated carbocycles. The standard InChI is InChI=1S/C27H27NO5S/c1-5-33-22-10-13-25-24(15-22)27(29)26(34(30,31)23-11-8-21(32-4)9-12-23)17-28(25)16-20-14-18(2)6-7-19(20)3/h6-15,17H,5,16H2,1-4H3. The van der Waals surface area contributed by atoms with Gasteiger partial charge in [-0.15, -0.1) is 0 Å². The smallest absolute Gasteiger partial charge is 0.211 e. The summed E-state index contributed by atoms with van der Waals surface area (Å²) >= 11 is 0. The normalized spacial score (nSPS) is 11.5. The summed E-state index contributed by atoms with van der Waals surface area (Å²) in [6, 6.07) is 17.4. The van der Waals surface area contributed by atoms with Crippen LogP contribution in [-0.4, -0.2) is 26.7 Å². The summed E-state index contributed by atoms with van der Waals surface area (Å²) in [7, 11) is -2.57. The van der Waals surface area contributed by atoms with E-state index in [4.69, 9.17) is 9.47 Å². The van der Waals surface area contributed by atoms with Crippen LogP contribution in [0.3, 0.4) is 0 Å². The monoisotopic (exact) mass is 477 g/mol. The topological polar surface area (TPSA) is 74.6 Å². The van der Waals surface area contributed by atoms with Gasteiger partial charge in [-0.3, -0.25) is 4.79 Å². The maximum absolute atomic E-state index is 13.5. The Hall–Kier alpha value is -3.58. The third-order valence-corrected chi connectivity index (χ3v) is 7.60. The van der Waals surface area contributed by atoms with Crippen molar-refractivity contribution in [2.75, 3.05) is 13.7 Å². The predicted molar refractivity (Wildman–Crippen MR) is 133 cm³/mol. The molecule has 0 aliphatic carbocycles. The number of hydrogen-bond donors (Lipinski definition) is 0. The number of hydrogen-bond acceptors (Lipinski definition) is 5. The average Bonchev–Trinajstić information content (AvgIpc) is 2.83. The van der Waals surface area contributed by atoms with Crippen molar-refractivity contribution in [2.24, 2.45) is 0 Å². The van der Waals surface area contributed by atoms with Crippen molar-refractivity contribution < 1.29 is 17.9 Å². The molecule has 0 aliphatic rings. The zero-order valence-corrected chi connectivity index (χ0v) is 20.5. The number of pyridine rings is 1. The number of methoxy groups -OCH3 is 1. The highest BCUT2D eigenvalue weighted by Gasteiger charge is 2.24. The molecular weight excluding hydrogens is 450 g/mol. The lowest BCUT2D eigenvalue weighted by atomic mass is 10.1. The molecule has 4 aromatic rings. The van der Waals surface area contributed by atoms with E-state index in [-0.39, 0.29) is 9.79 Å². The fourth-order valence-electron chi connectivity index (χ4n) is 3.96. The fourth-order valence-corrected chi connectivity index (χ4v) is 5.33. The fraction of sp³-hybridized carbons (Fsp3) is 0.222. The number of aromatic nitrogens is 1. The molecule has 1 heterocycles. The number of fused-ring (bicyclic) bond motifs is 1. The quantitative estimate of drug-likeness (QED) is 0.378. The summed E-state index contributed by atoms with van der Waals surface area (Å²) < 4.78 is 39.6. The van der Waals surface area contributed by atoms with E-state index in [1.54, 1.807) is 30.3 Å². The number of nitrogens with zero attached hydrogens (tertiary/aromatic N) is 1. The highest BCUT2D eigenvalue weighted by atomic mass is 32.2. The van der Waals surface area contributed by atoms with Gasteiger partial charge in [-0.05, 0) is 74.4 Å². The van der Waals surface area contributed by atoms with Gasteiger partial charge in [0.1, 0.15) is 16.4 Å². The largest absolute Gasteiger partial charge is 0.497 e. The van der Waals surface area contributed by atoms with Gasteiger partial charge in [0, 0.05) is 12.7 Å². The molecule has 7 heteroatoms. The predicted octanol–water partition coefficient (Wildman–Crippen LogP) is 4.91. The number of ether oxygens (including phenoxy) is 2. The third kappa shape index (κ3) is 4.43. The number of rotatable bonds is 7. The van der Waals surface area contributed by atoms with Crippen molar-refractivity contribution in [1.82, 2.24) is 4.57 Å². The van der Waals surface area contributed by atoms with E-state index >= 15 is 0 Å². The first-order valence-electron chi connectivity index (χ1n) is 11.0. The molecule has 0 atom stereocenters. The van der Waals surface area contributed by atoms with Crippen molar-refractivity contribution in [3.63, 3.8) is 0 Å². The lowest BCUT2D eigenvalue weighted by Gasteiger charge is -2.16. The van der Waals surface area contributed by atoms with Crippen LogP contribution in [0.4, 0.5) is 0 Å². The molecule has 0 bridgehead atoms. The van der Waals surface area contributed by atoms with Crippen LogP contribution in [-0.2, 0) is 16.4 Å². The number of aryl methyl sites for hydroxylation is 2. The second-order valence-electron chi connectivity index (χ2n) is 8.17. The Morgan fingerprint density at radius 2 is 1.62 bits per heavy atom. The van der Waals surface area contributed by atoms with Gasteiger partial charge in [0.05, 0.1) is 29.5 Å². The van der Waals surface area contributed by atoms with Gasteiger partial charge in [0.2, 0.25) is 15.3 Å². The van der Waals surface area contributed by atoms with Gasteiger partial charge in [-0.1, -0.05) is 23.8 Å². The van der Waals surface area contributed by atoms with Crippen LogP contribution < -0.4 is 14.9 Å². The molecule has 4 rings (SSSR count). The molecule has 0 saturated heterocycles. The summed E-state index contributed by atoms with van der Waals surface area (Å²) in [6.07, 6.45) is 1.45. The van der Waals surface area contributed by atoms with Crippen molar-refractivity contribution in [1.29, 1.82) is 0 Å². The van der Waals surface area contributed by atoms with Crippen LogP contribution in [0.5, 0.6) is 11.5 Å². The van der Waals surface area contributed by atoms with Gasteiger partial charge in [0.25, 0.3) is 0 Å². The summed E-state index contributed by atoms with van der Waals surface area (Å²) in [6.45, 7) is 6.74. The Bertz CT molecular complexity index is 1520. The van der Waals surface area contributed by atoms with Crippen LogP contribution in [0.25, 0.3) is 10.9 Å². The minimum Gasteiger partial charge on any atom is -0.497 e. The Labute approximate surface area is 199 Å². The van der Waals surface area contributed by atoms with Gasteiger partial charge in [0.15, 0.2) is 0 Å². The van der Waals surface area contributed by atoms with Crippen molar-refractivity contribution in [3.8, 4) is 11.5 Å². The number of benzene rings is 3. The highest BCUT2D eigenvalue weighted by molar-refractivity contribution is 7.91. The summed E-state index contributed by atoms with van der Waals surface area (Å²) in [4.78, 5) is 13.2. The van der Waals surface area contributed by atoms with E-state index in [1.807, 2.05) is 37.5 Å². The van der Waals surface area contributed by atoms with Crippen LogP contribution in [0.1, 0.15) is 23.6 Å². The van der Waals surface area contributed by atoms with E-state index in [0.29, 0.717) is 35.6 Å². The maximum Gasteiger partial charge on any atom is 0.211 e. The van der Waals surface area contributed by atoms with E-state index in [9.17, 15) is 13.2 Å². The first-order chi connectivity index (χ1) is 16.2. The molecule has 0 N–H and O–H groups in total. The van der Waals surface area contributed by atoms with E-state index in [2.05, 4.69) is 6.07 Å². The van der Waals surface area contributed by atoms with E-state index in [0.717, 1.165) is 16.7 Å². The molecule has 0 radical (unpaired) electrons. The lowest BCUT2D eigenvalue weighted by Crippen LogP contribution is -2.20. The Kier molecular flexibility index (Phi) is 6.48. The first-order valence-corrected chi connectivity index (χ1v) is 12.5. The Morgan fingerprint density at radius 3 is 2.29 bits per heavy atom. The minimum atomic E-state index is -4.07. The maximum atomic E-state index is 13.5. The Balaban J connectivity index is 1.96. The number of sulfone groups is 1. The van der Waals surface area contributed by atoms with Gasteiger partial charge in [-0.25, -0.2) is 8.42 Å². The average molecular weight is 478 g/mol. The van der Waals surface area contributed by atoms with Crippen molar-refractivity contribution >= 4 is 20.7 Å². The van der Waals surface area contributed by atoms with Crippen LogP contribution >= 0.6 is 0 Å². The van der Waals surface area contributed by atoms with Crippen LogP contribution in [0.2, 0.25) is 0 Å². The zero-order valence-electron chi connectivity index (χ0n) is 19.7. The van der Waals surface area contributed by atoms with E-state index < -0.39 is 15.3 Å². The second-order valence-corrected chi connectivity index (χ2v) is 10.1. The Morgan fingerprint density at radius 1 is 0.912 bits per heavy atom. The molecule has 0 amide bonds. The first kappa shape index (κ1) is 23.6. The van der Waals surface area contributed by atoms with Crippen molar-refractivity contribution in [3.05, 3.63) is 93.8 Å². The molecule has 6 nitrogen and oxygen atoms in total.